The molecule has 1 rings (SSSR count). The molecule has 0 aliphatic rings. The van der Waals surface area contributed by atoms with Crippen LogP contribution in [-0.4, -0.2) is 28.7 Å². The van der Waals surface area contributed by atoms with E-state index in [-0.39, 0.29) is 6.10 Å². The van der Waals surface area contributed by atoms with Crippen molar-refractivity contribution in [3.63, 3.8) is 0 Å². The van der Waals surface area contributed by atoms with Crippen molar-refractivity contribution in [2.24, 2.45) is 0 Å². The van der Waals surface area contributed by atoms with Crippen LogP contribution in [0.1, 0.15) is 41.0 Å². The monoisotopic (exact) mass is 252 g/mol. The average Bonchev–Trinajstić information content (AvgIpc) is 2.28. The summed E-state index contributed by atoms with van der Waals surface area (Å²) in [6, 6.07) is 0.342. The molecule has 0 aliphatic heterocycles. The third kappa shape index (κ3) is 3.48. The maximum absolute atomic E-state index is 6.11. The quantitative estimate of drug-likeness (QED) is 0.842. The second-order valence-electron chi connectivity index (χ2n) is 4.87. The van der Waals surface area contributed by atoms with E-state index in [1.54, 1.807) is 0 Å². The van der Waals surface area contributed by atoms with Crippen molar-refractivity contribution in [3.05, 3.63) is 6.33 Å². The molecule has 0 saturated carbocycles. The van der Waals surface area contributed by atoms with Gasteiger partial charge in [-0.3, -0.25) is 0 Å². The second kappa shape index (κ2) is 6.42. The van der Waals surface area contributed by atoms with Gasteiger partial charge in [0.15, 0.2) is 5.82 Å². The number of nitrogens with zero attached hydrogens (tertiary/aromatic N) is 3. The topological polar surface area (TPSA) is 64.3 Å². The van der Waals surface area contributed by atoms with Gasteiger partial charge in [-0.1, -0.05) is 6.92 Å². The number of rotatable bonds is 6. The minimum absolute atomic E-state index is 0.0497. The molecule has 18 heavy (non-hydrogen) atoms. The molecule has 0 bridgehead atoms. The van der Waals surface area contributed by atoms with E-state index in [1.165, 1.54) is 6.33 Å². The normalized spacial score (nSPS) is 11.1. The van der Waals surface area contributed by atoms with E-state index in [9.17, 15) is 0 Å². The maximum atomic E-state index is 6.11. The Morgan fingerprint density at radius 1 is 1.28 bits per heavy atom. The van der Waals surface area contributed by atoms with Crippen LogP contribution in [0.4, 0.5) is 11.5 Å². The summed E-state index contributed by atoms with van der Waals surface area (Å²) in [7, 11) is 0. The van der Waals surface area contributed by atoms with Crippen LogP contribution in [0.2, 0.25) is 0 Å². The Bertz CT molecular complexity index is 379. The lowest BCUT2D eigenvalue weighted by Gasteiger charge is -2.28. The van der Waals surface area contributed by atoms with E-state index >= 15 is 0 Å². The summed E-state index contributed by atoms with van der Waals surface area (Å²) >= 11 is 0. The van der Waals surface area contributed by atoms with Crippen LogP contribution in [-0.2, 0) is 0 Å². The maximum Gasteiger partial charge on any atom is 0.242 e. The first-order chi connectivity index (χ1) is 8.47. The Labute approximate surface area is 109 Å². The van der Waals surface area contributed by atoms with E-state index in [0.717, 1.165) is 18.8 Å². The highest BCUT2D eigenvalue weighted by Crippen LogP contribution is 2.29. The molecular weight excluding hydrogens is 228 g/mol. The Morgan fingerprint density at radius 3 is 2.44 bits per heavy atom. The number of nitrogen functional groups attached to an aromatic ring is 1. The van der Waals surface area contributed by atoms with Crippen molar-refractivity contribution in [3.8, 4) is 5.88 Å². The fourth-order valence-corrected chi connectivity index (χ4v) is 1.77. The van der Waals surface area contributed by atoms with Crippen LogP contribution in [0.25, 0.3) is 0 Å². The highest BCUT2D eigenvalue weighted by Gasteiger charge is 2.18. The van der Waals surface area contributed by atoms with Gasteiger partial charge in [-0.25, -0.2) is 4.98 Å². The smallest absolute Gasteiger partial charge is 0.242 e. The molecule has 0 radical (unpaired) electrons. The lowest BCUT2D eigenvalue weighted by atomic mass is 10.2. The predicted molar refractivity (Wildman–Crippen MR) is 75.0 cm³/mol. The number of ether oxygens (including phenoxy) is 1. The number of hydrogen-bond acceptors (Lipinski definition) is 5. The molecule has 1 aromatic heterocycles. The summed E-state index contributed by atoms with van der Waals surface area (Å²) in [6.45, 7) is 11.2. The van der Waals surface area contributed by atoms with Crippen molar-refractivity contribution in [2.75, 3.05) is 17.2 Å². The molecule has 0 atom stereocenters. The minimum atomic E-state index is 0.0497. The van der Waals surface area contributed by atoms with Crippen molar-refractivity contribution in [1.29, 1.82) is 0 Å². The molecule has 102 valence electrons. The first-order valence-corrected chi connectivity index (χ1v) is 6.51. The van der Waals surface area contributed by atoms with Crippen molar-refractivity contribution >= 4 is 11.5 Å². The zero-order chi connectivity index (χ0) is 13.7. The van der Waals surface area contributed by atoms with Crippen LogP contribution in [0.3, 0.4) is 0 Å². The van der Waals surface area contributed by atoms with E-state index in [0.29, 0.717) is 17.6 Å². The van der Waals surface area contributed by atoms with Gasteiger partial charge in [0.1, 0.15) is 12.0 Å². The van der Waals surface area contributed by atoms with Gasteiger partial charge in [-0.05, 0) is 34.1 Å². The lowest BCUT2D eigenvalue weighted by Crippen LogP contribution is -2.33. The molecule has 0 aromatic carbocycles. The largest absolute Gasteiger partial charge is 0.473 e. The van der Waals surface area contributed by atoms with Crippen LogP contribution in [0, 0.1) is 0 Å². The Kier molecular flexibility index (Phi) is 5.19. The SMILES string of the molecule is CCCN(c1ncnc(OC(C)C)c1N)C(C)C. The van der Waals surface area contributed by atoms with Gasteiger partial charge in [0.2, 0.25) is 5.88 Å². The number of hydrogen-bond donors (Lipinski definition) is 1. The summed E-state index contributed by atoms with van der Waals surface area (Å²) in [6.07, 6.45) is 2.60. The zero-order valence-electron chi connectivity index (χ0n) is 12.0. The van der Waals surface area contributed by atoms with Gasteiger partial charge in [-0.15, -0.1) is 0 Å². The second-order valence-corrected chi connectivity index (χ2v) is 4.87. The minimum Gasteiger partial charge on any atom is -0.473 e. The van der Waals surface area contributed by atoms with Crippen LogP contribution in [0.15, 0.2) is 6.33 Å². The molecule has 0 saturated heterocycles. The predicted octanol–water partition coefficient (Wildman–Crippen LogP) is 2.47. The summed E-state index contributed by atoms with van der Waals surface area (Å²) in [4.78, 5) is 10.6. The first-order valence-electron chi connectivity index (χ1n) is 6.51. The van der Waals surface area contributed by atoms with Gasteiger partial charge in [-0.2, -0.15) is 4.98 Å². The fourth-order valence-electron chi connectivity index (χ4n) is 1.77. The van der Waals surface area contributed by atoms with Gasteiger partial charge < -0.3 is 15.4 Å². The van der Waals surface area contributed by atoms with Gasteiger partial charge in [0.25, 0.3) is 0 Å². The molecule has 0 amide bonds. The molecule has 0 unspecified atom stereocenters. The lowest BCUT2D eigenvalue weighted by molar-refractivity contribution is 0.234. The van der Waals surface area contributed by atoms with Crippen molar-refractivity contribution in [1.82, 2.24) is 9.97 Å². The van der Waals surface area contributed by atoms with Crippen LogP contribution < -0.4 is 15.4 Å². The highest BCUT2D eigenvalue weighted by atomic mass is 16.5. The Hall–Kier alpha value is -1.52. The zero-order valence-corrected chi connectivity index (χ0v) is 12.0. The summed E-state index contributed by atoms with van der Waals surface area (Å²) in [5.41, 5.74) is 6.63. The standard InChI is InChI=1S/C13H24N4O/c1-6-7-17(9(2)3)12-11(14)13(16-8-15-12)18-10(4)5/h8-10H,6-7,14H2,1-5H3. The van der Waals surface area contributed by atoms with Gasteiger partial charge in [0, 0.05) is 12.6 Å². The summed E-state index contributed by atoms with van der Waals surface area (Å²) in [5, 5.41) is 0. The van der Waals surface area contributed by atoms with Gasteiger partial charge in [0.05, 0.1) is 6.10 Å². The van der Waals surface area contributed by atoms with E-state index in [4.69, 9.17) is 10.5 Å². The molecule has 2 N–H and O–H groups in total. The highest BCUT2D eigenvalue weighted by molar-refractivity contribution is 5.68. The third-order valence-electron chi connectivity index (χ3n) is 2.53. The van der Waals surface area contributed by atoms with E-state index < -0.39 is 0 Å². The molecule has 1 heterocycles. The average molecular weight is 252 g/mol. The molecule has 1 aromatic rings. The third-order valence-corrected chi connectivity index (χ3v) is 2.53. The van der Waals surface area contributed by atoms with E-state index in [2.05, 4.69) is 35.6 Å². The number of aromatic nitrogens is 2. The molecule has 0 fully saturated rings. The van der Waals surface area contributed by atoms with Gasteiger partial charge >= 0.3 is 0 Å². The Morgan fingerprint density at radius 2 is 1.94 bits per heavy atom. The summed E-state index contributed by atoms with van der Waals surface area (Å²) in [5.74, 6) is 1.23. The van der Waals surface area contributed by atoms with E-state index in [1.807, 2.05) is 13.8 Å². The van der Waals surface area contributed by atoms with Crippen molar-refractivity contribution < 1.29 is 4.74 Å². The molecule has 5 nitrogen and oxygen atoms in total. The van der Waals surface area contributed by atoms with Crippen molar-refractivity contribution in [2.45, 2.75) is 53.2 Å². The van der Waals surface area contributed by atoms with Crippen LogP contribution in [0.5, 0.6) is 5.88 Å². The fraction of sp³-hybridized carbons (Fsp3) is 0.692. The first kappa shape index (κ1) is 14.5. The van der Waals surface area contributed by atoms with Crippen LogP contribution >= 0.6 is 0 Å². The molecule has 0 spiro atoms. The molecule has 0 aliphatic carbocycles. The number of anilines is 2. The molecule has 5 heteroatoms. The molecular formula is C13H24N4O. The number of nitrogens with two attached hydrogens (primary N) is 1. The summed E-state index contributed by atoms with van der Waals surface area (Å²) < 4.78 is 5.59. The Balaban J connectivity index is 3.07.